The zero-order chi connectivity index (χ0) is 14.0. The lowest BCUT2D eigenvalue weighted by Gasteiger charge is -2.40. The van der Waals surface area contributed by atoms with Gasteiger partial charge in [0.05, 0.1) is 26.9 Å². The minimum absolute atomic E-state index is 0.0348. The summed E-state index contributed by atoms with van der Waals surface area (Å²) in [6.45, 7) is 7.04. The second-order valence-corrected chi connectivity index (χ2v) is 5.52. The molecular formula is C15H22O4. The second kappa shape index (κ2) is 5.39. The van der Waals surface area contributed by atoms with Crippen LogP contribution in [0.2, 0.25) is 0 Å². The van der Waals surface area contributed by atoms with Crippen LogP contribution in [0.1, 0.15) is 32.6 Å². The van der Waals surface area contributed by atoms with Crippen molar-refractivity contribution in [3.05, 3.63) is 23.8 Å². The predicted molar refractivity (Wildman–Crippen MR) is 72.6 cm³/mol. The molecule has 1 aliphatic heterocycles. The van der Waals surface area contributed by atoms with Gasteiger partial charge in [-0.2, -0.15) is 0 Å². The van der Waals surface area contributed by atoms with Gasteiger partial charge in [0, 0.05) is 11.0 Å². The van der Waals surface area contributed by atoms with Crippen molar-refractivity contribution in [1.82, 2.24) is 0 Å². The van der Waals surface area contributed by atoms with Crippen LogP contribution in [0.4, 0.5) is 0 Å². The van der Waals surface area contributed by atoms with Crippen molar-refractivity contribution in [3.8, 4) is 11.5 Å². The molecule has 1 aromatic carbocycles. The summed E-state index contributed by atoms with van der Waals surface area (Å²) in [5.41, 5.74) is 0.979. The summed E-state index contributed by atoms with van der Waals surface area (Å²) >= 11 is 0. The maximum atomic E-state index is 5.94. The monoisotopic (exact) mass is 266 g/mol. The Morgan fingerprint density at radius 3 is 2.42 bits per heavy atom. The van der Waals surface area contributed by atoms with E-state index in [0.29, 0.717) is 18.1 Å². The Balaban J connectivity index is 2.19. The Hall–Kier alpha value is -1.26. The van der Waals surface area contributed by atoms with Crippen molar-refractivity contribution in [2.75, 3.05) is 20.8 Å². The van der Waals surface area contributed by atoms with Crippen LogP contribution < -0.4 is 9.47 Å². The molecule has 19 heavy (non-hydrogen) atoms. The van der Waals surface area contributed by atoms with Gasteiger partial charge < -0.3 is 18.9 Å². The highest BCUT2D eigenvalue weighted by Crippen LogP contribution is 2.38. The average molecular weight is 266 g/mol. The summed E-state index contributed by atoms with van der Waals surface area (Å²) in [5.74, 6) is 1.39. The number of methoxy groups -OCH3 is 2. The van der Waals surface area contributed by atoms with Crippen LogP contribution >= 0.6 is 0 Å². The zero-order valence-electron chi connectivity index (χ0n) is 12.2. The van der Waals surface area contributed by atoms with E-state index < -0.39 is 0 Å². The molecule has 1 fully saturated rings. The Morgan fingerprint density at radius 2 is 1.84 bits per heavy atom. The molecule has 4 nitrogen and oxygen atoms in total. The number of benzene rings is 1. The summed E-state index contributed by atoms with van der Waals surface area (Å²) in [5, 5.41) is 0. The van der Waals surface area contributed by atoms with E-state index in [4.69, 9.17) is 18.9 Å². The molecule has 0 aliphatic carbocycles. The van der Waals surface area contributed by atoms with Gasteiger partial charge in [-0.3, -0.25) is 0 Å². The Kier molecular flexibility index (Phi) is 4.02. The first-order valence-electron chi connectivity index (χ1n) is 6.47. The molecule has 0 amide bonds. The summed E-state index contributed by atoms with van der Waals surface area (Å²) in [7, 11) is 3.24. The maximum Gasteiger partial charge on any atom is 0.184 e. The molecule has 0 spiro atoms. The van der Waals surface area contributed by atoms with Gasteiger partial charge in [-0.05, 0) is 19.1 Å². The molecule has 2 atom stereocenters. The van der Waals surface area contributed by atoms with Gasteiger partial charge in [0.1, 0.15) is 0 Å². The SMILES string of the molecule is COc1ccc([C@@H]2OCC(C)(C)[C@H](C)O2)cc1OC. The summed E-state index contributed by atoms with van der Waals surface area (Å²) in [6, 6.07) is 5.71. The lowest BCUT2D eigenvalue weighted by atomic mass is 9.87. The largest absolute Gasteiger partial charge is 0.493 e. The van der Waals surface area contributed by atoms with E-state index in [1.54, 1.807) is 14.2 Å². The van der Waals surface area contributed by atoms with Crippen LogP contribution in [0.15, 0.2) is 18.2 Å². The molecule has 0 radical (unpaired) electrons. The fourth-order valence-corrected chi connectivity index (χ4v) is 1.99. The van der Waals surface area contributed by atoms with Crippen LogP contribution in [0.3, 0.4) is 0 Å². The van der Waals surface area contributed by atoms with Crippen LogP contribution in [-0.2, 0) is 9.47 Å². The standard InChI is InChI=1S/C15H22O4/c1-10-15(2,3)9-18-14(19-10)11-6-7-12(16-4)13(8-11)17-5/h6-8,10,14H,9H2,1-5H3/t10-,14+/m0/s1. The van der Waals surface area contributed by atoms with Crippen LogP contribution in [-0.4, -0.2) is 26.9 Å². The second-order valence-electron chi connectivity index (χ2n) is 5.52. The fourth-order valence-electron chi connectivity index (χ4n) is 1.99. The third-order valence-electron chi connectivity index (χ3n) is 3.71. The van der Waals surface area contributed by atoms with E-state index in [0.717, 1.165) is 5.56 Å². The molecule has 0 N–H and O–H groups in total. The molecule has 0 unspecified atom stereocenters. The number of hydrogen-bond donors (Lipinski definition) is 0. The van der Waals surface area contributed by atoms with Crippen molar-refractivity contribution in [3.63, 3.8) is 0 Å². The van der Waals surface area contributed by atoms with Crippen LogP contribution in [0.5, 0.6) is 11.5 Å². The minimum Gasteiger partial charge on any atom is -0.493 e. The first-order chi connectivity index (χ1) is 8.97. The summed E-state index contributed by atoms with van der Waals surface area (Å²) in [4.78, 5) is 0. The molecule has 1 aromatic rings. The smallest absolute Gasteiger partial charge is 0.184 e. The van der Waals surface area contributed by atoms with Crippen molar-refractivity contribution in [2.45, 2.75) is 33.2 Å². The van der Waals surface area contributed by atoms with Gasteiger partial charge in [0.15, 0.2) is 17.8 Å². The topological polar surface area (TPSA) is 36.9 Å². The van der Waals surface area contributed by atoms with Crippen LogP contribution in [0.25, 0.3) is 0 Å². The first-order valence-corrected chi connectivity index (χ1v) is 6.47. The van der Waals surface area contributed by atoms with E-state index in [9.17, 15) is 0 Å². The highest BCUT2D eigenvalue weighted by atomic mass is 16.7. The number of hydrogen-bond acceptors (Lipinski definition) is 4. The van der Waals surface area contributed by atoms with Crippen molar-refractivity contribution in [2.24, 2.45) is 5.41 Å². The van der Waals surface area contributed by atoms with Gasteiger partial charge in [-0.25, -0.2) is 0 Å². The normalized spacial score (nSPS) is 25.9. The van der Waals surface area contributed by atoms with Gasteiger partial charge in [-0.15, -0.1) is 0 Å². The Morgan fingerprint density at radius 1 is 1.16 bits per heavy atom. The highest BCUT2D eigenvalue weighted by molar-refractivity contribution is 5.43. The molecule has 0 saturated carbocycles. The number of rotatable bonds is 3. The first kappa shape index (κ1) is 14.2. The molecule has 1 saturated heterocycles. The summed E-state index contributed by atoms with van der Waals surface area (Å²) in [6.07, 6.45) is -0.206. The van der Waals surface area contributed by atoms with E-state index in [2.05, 4.69) is 20.8 Å². The minimum atomic E-state index is -0.345. The lowest BCUT2D eigenvalue weighted by molar-refractivity contribution is -0.259. The molecule has 4 heteroatoms. The van der Waals surface area contributed by atoms with Crippen molar-refractivity contribution < 1.29 is 18.9 Å². The van der Waals surface area contributed by atoms with Crippen molar-refractivity contribution >= 4 is 0 Å². The van der Waals surface area contributed by atoms with Gasteiger partial charge in [0.25, 0.3) is 0 Å². The highest BCUT2D eigenvalue weighted by Gasteiger charge is 2.36. The molecule has 0 bridgehead atoms. The van der Waals surface area contributed by atoms with E-state index in [1.165, 1.54) is 0 Å². The molecule has 1 heterocycles. The van der Waals surface area contributed by atoms with E-state index in [1.807, 2.05) is 18.2 Å². The Labute approximate surface area is 114 Å². The maximum absolute atomic E-state index is 5.94. The van der Waals surface area contributed by atoms with E-state index >= 15 is 0 Å². The third kappa shape index (κ3) is 2.85. The van der Waals surface area contributed by atoms with Gasteiger partial charge >= 0.3 is 0 Å². The Bertz CT molecular complexity index is 442. The van der Waals surface area contributed by atoms with Gasteiger partial charge in [-0.1, -0.05) is 19.9 Å². The third-order valence-corrected chi connectivity index (χ3v) is 3.71. The summed E-state index contributed by atoms with van der Waals surface area (Å²) < 4.78 is 22.3. The van der Waals surface area contributed by atoms with Gasteiger partial charge in [0.2, 0.25) is 0 Å². The molecule has 1 aliphatic rings. The molecule has 2 rings (SSSR count). The lowest BCUT2D eigenvalue weighted by Crippen LogP contribution is -2.40. The van der Waals surface area contributed by atoms with Crippen LogP contribution in [0, 0.1) is 5.41 Å². The molecule has 0 aromatic heterocycles. The zero-order valence-corrected chi connectivity index (χ0v) is 12.2. The molecular weight excluding hydrogens is 244 g/mol. The van der Waals surface area contributed by atoms with Crippen molar-refractivity contribution in [1.29, 1.82) is 0 Å². The quantitative estimate of drug-likeness (QED) is 0.842. The van der Waals surface area contributed by atoms with E-state index in [-0.39, 0.29) is 17.8 Å². The predicted octanol–water partition coefficient (Wildman–Crippen LogP) is 3.16. The number of ether oxygens (including phenoxy) is 4. The fraction of sp³-hybridized carbons (Fsp3) is 0.600. The average Bonchev–Trinajstić information content (AvgIpc) is 2.41. The molecule has 106 valence electrons.